The first-order chi connectivity index (χ1) is 11.5. The van der Waals surface area contributed by atoms with E-state index >= 15 is 0 Å². The predicted molar refractivity (Wildman–Crippen MR) is 87.4 cm³/mol. The molecule has 124 valence electrons. The van der Waals surface area contributed by atoms with Crippen LogP contribution in [0.15, 0.2) is 28.4 Å². The highest BCUT2D eigenvalue weighted by molar-refractivity contribution is 5.90. The van der Waals surface area contributed by atoms with E-state index in [1.165, 1.54) is 0 Å². The molecule has 1 aromatic rings. The second-order valence-electron chi connectivity index (χ2n) is 6.20. The summed E-state index contributed by atoms with van der Waals surface area (Å²) in [6, 6.07) is 5.23. The topological polar surface area (TPSA) is 82.3 Å². The van der Waals surface area contributed by atoms with Crippen molar-refractivity contribution in [1.82, 2.24) is 4.90 Å². The molecule has 0 atom stereocenters. The van der Waals surface area contributed by atoms with Crippen molar-refractivity contribution in [3.63, 3.8) is 0 Å². The lowest BCUT2D eigenvalue weighted by Gasteiger charge is -2.30. The molecule has 2 heterocycles. The van der Waals surface area contributed by atoms with E-state index in [0.717, 1.165) is 11.1 Å². The third kappa shape index (κ3) is 3.30. The van der Waals surface area contributed by atoms with Crippen molar-refractivity contribution in [2.45, 2.75) is 44.3 Å². The molecule has 1 N–H and O–H groups in total. The average Bonchev–Trinajstić information content (AvgIpc) is 3.37. The number of carbonyl (C=O) groups is 2. The molecule has 0 saturated carbocycles. The van der Waals surface area contributed by atoms with Crippen LogP contribution >= 0.6 is 0 Å². The molecule has 6 nitrogen and oxygen atoms in total. The molecule has 0 unspecified atom stereocenters. The van der Waals surface area contributed by atoms with Gasteiger partial charge in [-0.05, 0) is 23.6 Å². The Kier molecular flexibility index (Phi) is 4.34. The molecule has 0 radical (unpaired) electrons. The van der Waals surface area contributed by atoms with Crippen molar-refractivity contribution in [3.05, 3.63) is 34.9 Å². The third-order valence-corrected chi connectivity index (χ3v) is 4.64. The number of aromatic carboxylic acids is 1. The Bertz CT molecular complexity index is 742. The number of nitrogens with zero attached hydrogens (tertiary/aromatic N) is 3. The molecule has 0 fully saturated rings. The molecule has 2 aliphatic heterocycles. The molecule has 1 amide bonds. The van der Waals surface area contributed by atoms with Crippen LogP contribution in [0, 0.1) is 12.3 Å². The van der Waals surface area contributed by atoms with Gasteiger partial charge in [-0.15, -0.1) is 12.3 Å². The smallest absolute Gasteiger partial charge is 0.335 e. The summed E-state index contributed by atoms with van der Waals surface area (Å²) in [4.78, 5) is 25.5. The van der Waals surface area contributed by atoms with Gasteiger partial charge >= 0.3 is 5.97 Å². The van der Waals surface area contributed by atoms with Crippen LogP contribution in [0.1, 0.15) is 47.2 Å². The van der Waals surface area contributed by atoms with Crippen LogP contribution in [0.4, 0.5) is 0 Å². The number of hydrogen-bond donors (Lipinski definition) is 1. The van der Waals surface area contributed by atoms with E-state index < -0.39 is 11.6 Å². The highest BCUT2D eigenvalue weighted by Crippen LogP contribution is 2.38. The summed E-state index contributed by atoms with van der Waals surface area (Å²) in [5.74, 6) is 1.71. The van der Waals surface area contributed by atoms with Gasteiger partial charge in [0.25, 0.3) is 0 Å². The Balaban J connectivity index is 1.60. The van der Waals surface area contributed by atoms with Crippen LogP contribution in [-0.2, 0) is 17.8 Å². The fourth-order valence-electron chi connectivity index (χ4n) is 3.16. The largest absolute Gasteiger partial charge is 0.478 e. The molecule has 1 aromatic carbocycles. The molecule has 3 rings (SSSR count). The van der Waals surface area contributed by atoms with E-state index in [1.54, 1.807) is 17.0 Å². The van der Waals surface area contributed by atoms with Crippen molar-refractivity contribution in [2.75, 3.05) is 6.54 Å². The number of fused-ring (bicyclic) bond motifs is 1. The molecule has 6 heteroatoms. The zero-order valence-corrected chi connectivity index (χ0v) is 13.4. The fourth-order valence-corrected chi connectivity index (χ4v) is 3.16. The van der Waals surface area contributed by atoms with Crippen LogP contribution in [0.2, 0.25) is 0 Å². The number of rotatable bonds is 6. The van der Waals surface area contributed by atoms with E-state index in [4.69, 9.17) is 6.42 Å². The van der Waals surface area contributed by atoms with Crippen LogP contribution in [-0.4, -0.2) is 34.1 Å². The summed E-state index contributed by atoms with van der Waals surface area (Å²) >= 11 is 0. The minimum absolute atomic E-state index is 0.0544. The molecule has 0 saturated heterocycles. The van der Waals surface area contributed by atoms with Crippen LogP contribution in [0.25, 0.3) is 0 Å². The van der Waals surface area contributed by atoms with Crippen molar-refractivity contribution in [2.24, 2.45) is 10.2 Å². The molecular formula is C18H19N3O3. The van der Waals surface area contributed by atoms with Crippen molar-refractivity contribution in [3.8, 4) is 12.3 Å². The lowest BCUT2D eigenvalue weighted by Crippen LogP contribution is -2.37. The van der Waals surface area contributed by atoms with Gasteiger partial charge in [0.15, 0.2) is 5.66 Å². The minimum Gasteiger partial charge on any atom is -0.478 e. The Morgan fingerprint density at radius 2 is 2.12 bits per heavy atom. The maximum absolute atomic E-state index is 12.5. The van der Waals surface area contributed by atoms with E-state index in [-0.39, 0.29) is 5.91 Å². The summed E-state index contributed by atoms with van der Waals surface area (Å²) < 4.78 is 0. The highest BCUT2D eigenvalue weighted by Gasteiger charge is 2.39. The first-order valence-corrected chi connectivity index (χ1v) is 8.04. The van der Waals surface area contributed by atoms with Gasteiger partial charge in [0.1, 0.15) is 0 Å². The maximum atomic E-state index is 12.5. The molecule has 0 spiro atoms. The summed E-state index contributed by atoms with van der Waals surface area (Å²) in [7, 11) is 0. The summed E-state index contributed by atoms with van der Waals surface area (Å²) in [6.07, 6.45) is 8.11. The highest BCUT2D eigenvalue weighted by atomic mass is 16.4. The van der Waals surface area contributed by atoms with E-state index in [2.05, 4.69) is 16.1 Å². The van der Waals surface area contributed by atoms with Crippen molar-refractivity contribution in [1.29, 1.82) is 0 Å². The lowest BCUT2D eigenvalue weighted by atomic mass is 9.94. The van der Waals surface area contributed by atoms with E-state index in [9.17, 15) is 14.7 Å². The second kappa shape index (κ2) is 6.44. The Morgan fingerprint density at radius 1 is 1.33 bits per heavy atom. The number of carbonyl (C=O) groups excluding carboxylic acids is 1. The summed E-state index contributed by atoms with van der Waals surface area (Å²) in [5.41, 5.74) is 1.65. The van der Waals surface area contributed by atoms with E-state index in [1.807, 2.05) is 6.07 Å². The predicted octanol–water partition coefficient (Wildman–Crippen LogP) is 2.63. The number of carboxylic acid groups (broad SMARTS) is 1. The van der Waals surface area contributed by atoms with Gasteiger partial charge in [-0.2, -0.15) is 10.2 Å². The van der Waals surface area contributed by atoms with Crippen LogP contribution in [0.5, 0.6) is 0 Å². The Labute approximate surface area is 140 Å². The normalized spacial score (nSPS) is 17.0. The zero-order valence-electron chi connectivity index (χ0n) is 13.4. The molecule has 0 bridgehead atoms. The van der Waals surface area contributed by atoms with Gasteiger partial charge in [0.05, 0.1) is 5.56 Å². The average molecular weight is 325 g/mol. The van der Waals surface area contributed by atoms with Gasteiger partial charge in [-0.1, -0.05) is 12.1 Å². The van der Waals surface area contributed by atoms with Crippen LogP contribution < -0.4 is 0 Å². The number of benzene rings is 1. The fraction of sp³-hybridized carbons (Fsp3) is 0.444. The quantitative estimate of drug-likeness (QED) is 0.816. The SMILES string of the molecule is C#CCCC1(CCC(=O)N2CCc3c(cccc3C(=O)O)C2)N=N1. The van der Waals surface area contributed by atoms with Gasteiger partial charge in [-0.3, -0.25) is 4.79 Å². The first-order valence-electron chi connectivity index (χ1n) is 8.04. The zero-order chi connectivity index (χ0) is 17.2. The molecule has 0 aliphatic carbocycles. The number of amides is 1. The van der Waals surface area contributed by atoms with E-state index in [0.29, 0.717) is 50.8 Å². The summed E-state index contributed by atoms with van der Waals surface area (Å²) in [5, 5.41) is 17.3. The Hall–Kier alpha value is -2.68. The lowest BCUT2D eigenvalue weighted by molar-refractivity contribution is -0.132. The number of hydrogen-bond acceptors (Lipinski definition) is 4. The second-order valence-corrected chi connectivity index (χ2v) is 6.20. The van der Waals surface area contributed by atoms with Gasteiger partial charge in [-0.25, -0.2) is 4.79 Å². The first kappa shape index (κ1) is 16.2. The molecular weight excluding hydrogens is 306 g/mol. The third-order valence-electron chi connectivity index (χ3n) is 4.64. The molecule has 2 aliphatic rings. The van der Waals surface area contributed by atoms with Gasteiger partial charge in [0, 0.05) is 38.8 Å². The molecule has 24 heavy (non-hydrogen) atoms. The molecule has 0 aromatic heterocycles. The monoisotopic (exact) mass is 325 g/mol. The minimum atomic E-state index is -0.918. The van der Waals surface area contributed by atoms with Gasteiger partial charge in [0.2, 0.25) is 5.91 Å². The van der Waals surface area contributed by atoms with Gasteiger partial charge < -0.3 is 10.0 Å². The van der Waals surface area contributed by atoms with Crippen molar-refractivity contribution < 1.29 is 14.7 Å². The summed E-state index contributed by atoms with van der Waals surface area (Å²) in [6.45, 7) is 1.00. The Morgan fingerprint density at radius 3 is 2.79 bits per heavy atom. The number of terminal acetylenes is 1. The maximum Gasteiger partial charge on any atom is 0.335 e. The van der Waals surface area contributed by atoms with Crippen LogP contribution in [0.3, 0.4) is 0 Å². The van der Waals surface area contributed by atoms with Crippen molar-refractivity contribution >= 4 is 11.9 Å². The standard InChI is InChI=1S/C18H19N3O3/c1-2-3-9-18(19-20-18)10-7-16(22)21-11-8-14-13(12-21)5-4-6-15(14)17(23)24/h1,4-6H,3,7-12H2,(H,23,24). The number of carboxylic acids is 1.